The minimum atomic E-state index is -0.627. The van der Waals surface area contributed by atoms with E-state index in [-0.39, 0.29) is 17.9 Å². The van der Waals surface area contributed by atoms with Crippen molar-refractivity contribution in [3.05, 3.63) is 53.6 Å². The summed E-state index contributed by atoms with van der Waals surface area (Å²) in [4.78, 5) is 3.75. The SMILES string of the molecule is N#Cc1nccn1Cc1c(F)cccc1F. The first kappa shape index (κ1) is 10.3. The number of hydrogen-bond acceptors (Lipinski definition) is 2. The van der Waals surface area contributed by atoms with Gasteiger partial charge in [0.2, 0.25) is 5.82 Å². The standard InChI is InChI=1S/C11H7F2N3/c12-9-2-1-3-10(13)8(9)7-16-5-4-15-11(16)6-14/h1-5H,7H2. The molecule has 0 bridgehead atoms. The molecule has 1 heterocycles. The molecule has 0 aliphatic carbocycles. The first-order chi connectivity index (χ1) is 7.72. The highest BCUT2D eigenvalue weighted by molar-refractivity contribution is 5.22. The lowest BCUT2D eigenvalue weighted by Gasteiger charge is -2.06. The van der Waals surface area contributed by atoms with E-state index >= 15 is 0 Å². The quantitative estimate of drug-likeness (QED) is 0.775. The molecule has 16 heavy (non-hydrogen) atoms. The Morgan fingerprint density at radius 3 is 2.62 bits per heavy atom. The number of hydrogen-bond donors (Lipinski definition) is 0. The number of imidazole rings is 1. The van der Waals surface area contributed by atoms with E-state index in [9.17, 15) is 8.78 Å². The molecule has 3 nitrogen and oxygen atoms in total. The van der Waals surface area contributed by atoms with Gasteiger partial charge in [-0.1, -0.05) is 6.07 Å². The second-order valence-electron chi connectivity index (χ2n) is 3.19. The van der Waals surface area contributed by atoms with Gasteiger partial charge in [-0.15, -0.1) is 0 Å². The van der Waals surface area contributed by atoms with Gasteiger partial charge in [0.1, 0.15) is 17.7 Å². The zero-order valence-electron chi connectivity index (χ0n) is 8.19. The lowest BCUT2D eigenvalue weighted by Crippen LogP contribution is -2.05. The average molecular weight is 219 g/mol. The normalized spacial score (nSPS) is 10.1. The lowest BCUT2D eigenvalue weighted by atomic mass is 10.2. The maximum Gasteiger partial charge on any atom is 0.213 e. The largest absolute Gasteiger partial charge is 0.318 e. The number of halogens is 2. The molecule has 0 unspecified atom stereocenters. The molecule has 1 aromatic carbocycles. The van der Waals surface area contributed by atoms with Crippen molar-refractivity contribution in [2.75, 3.05) is 0 Å². The monoisotopic (exact) mass is 219 g/mol. The zero-order valence-corrected chi connectivity index (χ0v) is 8.19. The van der Waals surface area contributed by atoms with Crippen molar-refractivity contribution < 1.29 is 8.78 Å². The van der Waals surface area contributed by atoms with Gasteiger partial charge in [-0.3, -0.25) is 0 Å². The van der Waals surface area contributed by atoms with Gasteiger partial charge in [0, 0.05) is 18.0 Å². The highest BCUT2D eigenvalue weighted by Gasteiger charge is 2.10. The highest BCUT2D eigenvalue weighted by Crippen LogP contribution is 2.14. The Balaban J connectivity index is 2.38. The third-order valence-corrected chi connectivity index (χ3v) is 2.21. The van der Waals surface area contributed by atoms with Gasteiger partial charge >= 0.3 is 0 Å². The van der Waals surface area contributed by atoms with E-state index in [1.165, 1.54) is 35.2 Å². The van der Waals surface area contributed by atoms with Crippen LogP contribution < -0.4 is 0 Å². The third-order valence-electron chi connectivity index (χ3n) is 2.21. The van der Waals surface area contributed by atoms with Crippen LogP contribution in [0.25, 0.3) is 0 Å². The van der Waals surface area contributed by atoms with Gasteiger partial charge in [0.25, 0.3) is 0 Å². The van der Waals surface area contributed by atoms with Crippen LogP contribution in [0.2, 0.25) is 0 Å². The zero-order chi connectivity index (χ0) is 11.5. The Labute approximate surface area is 90.6 Å². The summed E-state index contributed by atoms with van der Waals surface area (Å²) in [5.74, 6) is -1.13. The van der Waals surface area contributed by atoms with Crippen LogP contribution in [-0.4, -0.2) is 9.55 Å². The maximum absolute atomic E-state index is 13.3. The summed E-state index contributed by atoms with van der Waals surface area (Å²) in [6.45, 7) is -0.0403. The fourth-order valence-corrected chi connectivity index (χ4v) is 1.40. The lowest BCUT2D eigenvalue weighted by molar-refractivity contribution is 0.543. The van der Waals surface area contributed by atoms with Crippen molar-refractivity contribution in [3.8, 4) is 6.07 Å². The van der Waals surface area contributed by atoms with E-state index in [1.807, 2.05) is 6.07 Å². The van der Waals surface area contributed by atoms with Gasteiger partial charge in [-0.25, -0.2) is 13.8 Å². The van der Waals surface area contributed by atoms with Crippen molar-refractivity contribution in [1.82, 2.24) is 9.55 Å². The highest BCUT2D eigenvalue weighted by atomic mass is 19.1. The molecule has 0 N–H and O–H groups in total. The molecule has 5 heteroatoms. The average Bonchev–Trinajstić information content (AvgIpc) is 2.71. The molecule has 0 saturated carbocycles. The molecule has 0 fully saturated rings. The van der Waals surface area contributed by atoms with Gasteiger partial charge in [-0.05, 0) is 12.1 Å². The Morgan fingerprint density at radius 2 is 2.00 bits per heavy atom. The topological polar surface area (TPSA) is 41.6 Å². The number of nitriles is 1. The predicted molar refractivity (Wildman–Crippen MR) is 52.4 cm³/mol. The van der Waals surface area contributed by atoms with Crippen LogP contribution in [0.3, 0.4) is 0 Å². The summed E-state index contributed by atoms with van der Waals surface area (Å²) < 4.78 is 28.0. The van der Waals surface area contributed by atoms with E-state index in [0.29, 0.717) is 0 Å². The predicted octanol–water partition coefficient (Wildman–Crippen LogP) is 2.08. The summed E-state index contributed by atoms with van der Waals surface area (Å²) in [6.07, 6.45) is 2.92. The second-order valence-corrected chi connectivity index (χ2v) is 3.19. The Morgan fingerprint density at radius 1 is 1.31 bits per heavy atom. The first-order valence-corrected chi connectivity index (χ1v) is 4.56. The second kappa shape index (κ2) is 4.11. The molecule has 0 spiro atoms. The van der Waals surface area contributed by atoms with E-state index in [1.54, 1.807) is 0 Å². The Kier molecular flexibility index (Phi) is 2.64. The number of benzene rings is 1. The number of rotatable bonds is 2. The van der Waals surface area contributed by atoms with Crippen LogP contribution in [0.4, 0.5) is 8.78 Å². The van der Waals surface area contributed by atoms with Gasteiger partial charge < -0.3 is 4.57 Å². The maximum atomic E-state index is 13.3. The fourth-order valence-electron chi connectivity index (χ4n) is 1.40. The Bertz CT molecular complexity index is 534. The fraction of sp³-hybridized carbons (Fsp3) is 0.0909. The van der Waals surface area contributed by atoms with E-state index in [4.69, 9.17) is 5.26 Å². The van der Waals surface area contributed by atoms with Crippen LogP contribution in [0, 0.1) is 23.0 Å². The van der Waals surface area contributed by atoms with E-state index in [2.05, 4.69) is 4.98 Å². The molecule has 0 aliphatic rings. The van der Waals surface area contributed by atoms with Crippen molar-refractivity contribution in [2.45, 2.75) is 6.54 Å². The van der Waals surface area contributed by atoms with Crippen molar-refractivity contribution in [1.29, 1.82) is 5.26 Å². The molecular weight excluding hydrogens is 212 g/mol. The van der Waals surface area contributed by atoms with Crippen LogP contribution in [0.5, 0.6) is 0 Å². The number of aromatic nitrogens is 2. The van der Waals surface area contributed by atoms with Crippen LogP contribution in [0.15, 0.2) is 30.6 Å². The van der Waals surface area contributed by atoms with Gasteiger partial charge in [0.05, 0.1) is 6.54 Å². The number of nitrogens with zero attached hydrogens (tertiary/aromatic N) is 3. The van der Waals surface area contributed by atoms with Crippen LogP contribution in [-0.2, 0) is 6.54 Å². The molecular formula is C11H7F2N3. The molecule has 0 aliphatic heterocycles. The van der Waals surface area contributed by atoms with Gasteiger partial charge in [0.15, 0.2) is 0 Å². The Hall–Kier alpha value is -2.22. The van der Waals surface area contributed by atoms with E-state index < -0.39 is 11.6 Å². The molecule has 0 amide bonds. The molecule has 2 rings (SSSR count). The molecule has 80 valence electrons. The minimum Gasteiger partial charge on any atom is -0.318 e. The molecule has 1 aromatic heterocycles. The van der Waals surface area contributed by atoms with Gasteiger partial charge in [-0.2, -0.15) is 5.26 Å². The molecule has 0 radical (unpaired) electrons. The van der Waals surface area contributed by atoms with Crippen molar-refractivity contribution in [3.63, 3.8) is 0 Å². The summed E-state index contributed by atoms with van der Waals surface area (Å²) in [7, 11) is 0. The van der Waals surface area contributed by atoms with Crippen molar-refractivity contribution in [2.24, 2.45) is 0 Å². The molecule has 2 aromatic rings. The van der Waals surface area contributed by atoms with Crippen molar-refractivity contribution >= 4 is 0 Å². The summed E-state index contributed by atoms with van der Waals surface area (Å²) in [5.41, 5.74) is -0.0722. The minimum absolute atomic E-state index is 0.0403. The molecule has 0 saturated heterocycles. The smallest absolute Gasteiger partial charge is 0.213 e. The summed E-state index contributed by atoms with van der Waals surface area (Å²) >= 11 is 0. The third kappa shape index (κ3) is 1.77. The van der Waals surface area contributed by atoms with E-state index in [0.717, 1.165) is 0 Å². The summed E-state index contributed by atoms with van der Waals surface area (Å²) in [5, 5.41) is 8.70. The first-order valence-electron chi connectivity index (χ1n) is 4.56. The van der Waals surface area contributed by atoms with Crippen LogP contribution >= 0.6 is 0 Å². The van der Waals surface area contributed by atoms with Crippen LogP contribution in [0.1, 0.15) is 11.4 Å². The summed E-state index contributed by atoms with van der Waals surface area (Å²) in [6, 6.07) is 5.50. The molecule has 0 atom stereocenters.